The van der Waals surface area contributed by atoms with Crippen molar-refractivity contribution in [2.45, 2.75) is 64.6 Å². The lowest BCUT2D eigenvalue weighted by molar-refractivity contribution is -0.139. The van der Waals surface area contributed by atoms with E-state index in [1.807, 2.05) is 13.8 Å². The zero-order chi connectivity index (χ0) is 20.8. The average Bonchev–Trinajstić information content (AvgIpc) is 2.63. The van der Waals surface area contributed by atoms with Crippen LogP contribution >= 0.6 is 0 Å². The molecule has 0 amide bonds. The summed E-state index contributed by atoms with van der Waals surface area (Å²) in [7, 11) is 0. The molecule has 0 radical (unpaired) electrons. The maximum Gasteiger partial charge on any atom is 0.419 e. The summed E-state index contributed by atoms with van der Waals surface area (Å²) in [4.78, 5) is 0. The van der Waals surface area contributed by atoms with E-state index in [0.29, 0.717) is 24.8 Å². The Bertz CT molecular complexity index is 746. The number of nitrogens with two attached hydrogens (primary N) is 1. The van der Waals surface area contributed by atoms with E-state index < -0.39 is 17.3 Å². The zero-order valence-electron chi connectivity index (χ0n) is 16.9. The van der Waals surface area contributed by atoms with Crippen LogP contribution in [0.25, 0.3) is 0 Å². The van der Waals surface area contributed by atoms with Crippen LogP contribution in [-0.2, 0) is 25.4 Å². The SMILES string of the molecule is CCc1ccc(CCCOc2ccc(CCC(C)(C)N)cc2C(F)(F)F)cc1. The summed E-state index contributed by atoms with van der Waals surface area (Å²) >= 11 is 0. The molecule has 5 heteroatoms. The molecule has 0 bridgehead atoms. The van der Waals surface area contributed by atoms with Crippen LogP contribution in [0.4, 0.5) is 13.2 Å². The number of alkyl halides is 3. The van der Waals surface area contributed by atoms with Crippen LogP contribution in [0.15, 0.2) is 42.5 Å². The van der Waals surface area contributed by atoms with E-state index in [0.717, 1.165) is 18.4 Å². The smallest absolute Gasteiger partial charge is 0.419 e. The van der Waals surface area contributed by atoms with Gasteiger partial charge in [-0.25, -0.2) is 0 Å². The van der Waals surface area contributed by atoms with E-state index in [-0.39, 0.29) is 12.4 Å². The van der Waals surface area contributed by atoms with Gasteiger partial charge in [0, 0.05) is 5.54 Å². The fraction of sp³-hybridized carbons (Fsp3) is 0.478. The van der Waals surface area contributed by atoms with E-state index in [1.165, 1.54) is 17.7 Å². The van der Waals surface area contributed by atoms with Crippen molar-refractivity contribution in [3.8, 4) is 5.75 Å². The van der Waals surface area contributed by atoms with Gasteiger partial charge in [-0.15, -0.1) is 0 Å². The van der Waals surface area contributed by atoms with Crippen LogP contribution < -0.4 is 10.5 Å². The Kier molecular flexibility index (Phi) is 7.53. The lowest BCUT2D eigenvalue weighted by Gasteiger charge is -2.19. The van der Waals surface area contributed by atoms with Gasteiger partial charge in [-0.2, -0.15) is 13.2 Å². The van der Waals surface area contributed by atoms with Crippen molar-refractivity contribution in [2.75, 3.05) is 6.61 Å². The molecule has 0 aliphatic carbocycles. The van der Waals surface area contributed by atoms with Gasteiger partial charge >= 0.3 is 6.18 Å². The molecule has 0 aromatic heterocycles. The van der Waals surface area contributed by atoms with E-state index in [2.05, 4.69) is 31.2 Å². The van der Waals surface area contributed by atoms with Gasteiger partial charge in [-0.3, -0.25) is 0 Å². The lowest BCUT2D eigenvalue weighted by atomic mass is 9.95. The minimum atomic E-state index is -4.44. The van der Waals surface area contributed by atoms with Gasteiger partial charge < -0.3 is 10.5 Å². The zero-order valence-corrected chi connectivity index (χ0v) is 16.9. The number of aryl methyl sites for hydroxylation is 3. The number of hydrogen-bond donors (Lipinski definition) is 1. The first kappa shape index (κ1) is 22.3. The third kappa shape index (κ3) is 7.19. The monoisotopic (exact) mass is 393 g/mol. The summed E-state index contributed by atoms with van der Waals surface area (Å²) < 4.78 is 45.8. The molecule has 0 aliphatic heterocycles. The number of halogens is 3. The van der Waals surface area contributed by atoms with Gasteiger partial charge in [0.2, 0.25) is 0 Å². The molecule has 0 fully saturated rings. The summed E-state index contributed by atoms with van der Waals surface area (Å²) in [5.74, 6) is -0.107. The van der Waals surface area contributed by atoms with Crippen LogP contribution in [0.1, 0.15) is 55.9 Å². The summed E-state index contributed by atoms with van der Waals surface area (Å²) in [5.41, 5.74) is 7.86. The lowest BCUT2D eigenvalue weighted by Crippen LogP contribution is -2.32. The number of ether oxygens (including phenoxy) is 1. The molecule has 0 heterocycles. The summed E-state index contributed by atoms with van der Waals surface area (Å²) in [6.07, 6.45) is -0.912. The van der Waals surface area contributed by atoms with Crippen LogP contribution in [0, 0.1) is 0 Å². The van der Waals surface area contributed by atoms with Crippen molar-refractivity contribution >= 4 is 0 Å². The first-order chi connectivity index (χ1) is 13.1. The van der Waals surface area contributed by atoms with E-state index in [1.54, 1.807) is 6.07 Å². The molecule has 0 spiro atoms. The highest BCUT2D eigenvalue weighted by Crippen LogP contribution is 2.37. The Morgan fingerprint density at radius 3 is 2.07 bits per heavy atom. The second-order valence-electron chi connectivity index (χ2n) is 7.94. The van der Waals surface area contributed by atoms with Gasteiger partial charge in [-0.05, 0) is 74.8 Å². The number of benzene rings is 2. The highest BCUT2D eigenvalue weighted by Gasteiger charge is 2.34. The topological polar surface area (TPSA) is 35.2 Å². The Labute approximate surface area is 165 Å². The maximum atomic E-state index is 13.4. The van der Waals surface area contributed by atoms with Gasteiger partial charge in [0.05, 0.1) is 12.2 Å². The van der Waals surface area contributed by atoms with E-state index >= 15 is 0 Å². The second kappa shape index (κ2) is 9.46. The molecular formula is C23H30F3NO. The highest BCUT2D eigenvalue weighted by molar-refractivity contribution is 5.39. The molecule has 0 saturated heterocycles. The first-order valence-electron chi connectivity index (χ1n) is 9.78. The Morgan fingerprint density at radius 1 is 0.893 bits per heavy atom. The van der Waals surface area contributed by atoms with Crippen molar-refractivity contribution in [1.29, 1.82) is 0 Å². The molecule has 28 heavy (non-hydrogen) atoms. The first-order valence-corrected chi connectivity index (χ1v) is 9.78. The molecule has 2 aromatic carbocycles. The molecule has 0 unspecified atom stereocenters. The standard InChI is InChI=1S/C23H30F3NO/c1-4-17-7-9-18(10-8-17)6-5-15-28-21-12-11-19(13-14-22(2,3)27)16-20(21)23(24,25)26/h7-12,16H,4-6,13-15,27H2,1-3H3. The molecule has 0 aliphatic rings. The minimum absolute atomic E-state index is 0.107. The predicted molar refractivity (Wildman–Crippen MR) is 108 cm³/mol. The van der Waals surface area contributed by atoms with Crippen molar-refractivity contribution in [2.24, 2.45) is 5.73 Å². The van der Waals surface area contributed by atoms with Crippen molar-refractivity contribution in [3.63, 3.8) is 0 Å². The minimum Gasteiger partial charge on any atom is -0.493 e. The number of hydrogen-bond acceptors (Lipinski definition) is 2. The Morgan fingerprint density at radius 2 is 1.50 bits per heavy atom. The fourth-order valence-corrected chi connectivity index (χ4v) is 2.95. The number of rotatable bonds is 9. The normalized spacial score (nSPS) is 12.2. The average molecular weight is 393 g/mol. The van der Waals surface area contributed by atoms with Crippen molar-refractivity contribution in [1.82, 2.24) is 0 Å². The maximum absolute atomic E-state index is 13.4. The van der Waals surface area contributed by atoms with Crippen LogP contribution in [-0.4, -0.2) is 12.1 Å². The van der Waals surface area contributed by atoms with Gasteiger partial charge in [0.25, 0.3) is 0 Å². The van der Waals surface area contributed by atoms with E-state index in [9.17, 15) is 13.2 Å². The third-order valence-corrected chi connectivity index (χ3v) is 4.71. The van der Waals surface area contributed by atoms with Crippen molar-refractivity contribution in [3.05, 3.63) is 64.7 Å². The van der Waals surface area contributed by atoms with Gasteiger partial charge in [0.15, 0.2) is 0 Å². The molecule has 0 atom stereocenters. The summed E-state index contributed by atoms with van der Waals surface area (Å²) in [6.45, 7) is 6.08. The van der Waals surface area contributed by atoms with Crippen molar-refractivity contribution < 1.29 is 17.9 Å². The Hall–Kier alpha value is -2.01. The second-order valence-corrected chi connectivity index (χ2v) is 7.94. The molecule has 154 valence electrons. The molecular weight excluding hydrogens is 363 g/mol. The summed E-state index contributed by atoms with van der Waals surface area (Å²) in [5, 5.41) is 0. The van der Waals surface area contributed by atoms with Crippen LogP contribution in [0.2, 0.25) is 0 Å². The molecule has 2 rings (SSSR count). The summed E-state index contributed by atoms with van der Waals surface area (Å²) in [6, 6.07) is 12.6. The largest absolute Gasteiger partial charge is 0.493 e. The molecule has 2 nitrogen and oxygen atoms in total. The molecule has 2 aromatic rings. The fourth-order valence-electron chi connectivity index (χ4n) is 2.95. The predicted octanol–water partition coefficient (Wildman–Crippen LogP) is 5.95. The molecule has 2 N–H and O–H groups in total. The quantitative estimate of drug-likeness (QED) is 0.534. The van der Waals surface area contributed by atoms with Crippen LogP contribution in [0.5, 0.6) is 5.75 Å². The molecule has 0 saturated carbocycles. The van der Waals surface area contributed by atoms with Gasteiger partial charge in [-0.1, -0.05) is 37.3 Å². The van der Waals surface area contributed by atoms with Gasteiger partial charge in [0.1, 0.15) is 5.75 Å². The van der Waals surface area contributed by atoms with E-state index in [4.69, 9.17) is 10.5 Å². The Balaban J connectivity index is 1.97. The highest BCUT2D eigenvalue weighted by atomic mass is 19.4. The third-order valence-electron chi connectivity index (χ3n) is 4.71. The van der Waals surface area contributed by atoms with Crippen LogP contribution in [0.3, 0.4) is 0 Å².